The summed E-state index contributed by atoms with van der Waals surface area (Å²) >= 11 is 0. The predicted molar refractivity (Wildman–Crippen MR) is 85.7 cm³/mol. The minimum absolute atomic E-state index is 0.0151. The molecule has 0 radical (unpaired) electrons. The molecule has 0 N–H and O–H groups in total. The van der Waals surface area contributed by atoms with E-state index in [-0.39, 0.29) is 17.7 Å². The molecule has 0 aliphatic rings. The smallest absolute Gasteiger partial charge is 0.369 e. The molecule has 2 rings (SSSR count). The van der Waals surface area contributed by atoms with Gasteiger partial charge in [-0.3, -0.25) is 19.9 Å². The molecule has 0 spiro atoms. The summed E-state index contributed by atoms with van der Waals surface area (Å²) in [4.78, 5) is 26.0. The lowest BCUT2D eigenvalue weighted by molar-refractivity contribution is -0.385. The van der Waals surface area contributed by atoms with Gasteiger partial charge in [0, 0.05) is 18.2 Å². The normalized spacial score (nSPS) is 11.9. The minimum atomic E-state index is -6.11. The summed E-state index contributed by atoms with van der Waals surface area (Å²) in [6.07, 6.45) is -0.378. The number of ketones is 1. The molecule has 12 heteroatoms. The first-order chi connectivity index (χ1) is 12.4. The fourth-order valence-electron chi connectivity index (χ4n) is 2.03. The Hall–Kier alpha value is -3.02. The lowest BCUT2D eigenvalue weighted by Crippen LogP contribution is -2.28. The van der Waals surface area contributed by atoms with Crippen LogP contribution >= 0.6 is 0 Å². The number of alkyl halides is 3. The van der Waals surface area contributed by atoms with Gasteiger partial charge in [-0.05, 0) is 30.7 Å². The van der Waals surface area contributed by atoms with Crippen LogP contribution in [0.25, 0.3) is 0 Å². The average Bonchev–Trinajstić information content (AvgIpc) is 2.53. The third-order valence-electron chi connectivity index (χ3n) is 3.24. The maximum atomic E-state index is 12.5. The molecule has 1 heterocycles. The van der Waals surface area contributed by atoms with Crippen LogP contribution in [0.3, 0.4) is 0 Å². The molecule has 0 unspecified atom stereocenters. The fraction of sp³-hybridized carbons (Fsp3) is 0.200. The number of pyridine rings is 1. The third kappa shape index (κ3) is 4.78. The van der Waals surface area contributed by atoms with Crippen molar-refractivity contribution >= 4 is 21.6 Å². The zero-order valence-corrected chi connectivity index (χ0v) is 14.4. The van der Waals surface area contributed by atoms with Gasteiger partial charge in [0.15, 0.2) is 5.78 Å². The quantitative estimate of drug-likeness (QED) is 0.239. The van der Waals surface area contributed by atoms with E-state index in [1.54, 1.807) is 19.1 Å². The number of carbonyl (C=O) groups excluding carboxylic acids is 1. The van der Waals surface area contributed by atoms with Crippen molar-refractivity contribution in [3.05, 3.63) is 63.5 Å². The van der Waals surface area contributed by atoms with Gasteiger partial charge in [-0.1, -0.05) is 12.1 Å². The number of aromatic nitrogens is 1. The van der Waals surface area contributed by atoms with Gasteiger partial charge in [0.1, 0.15) is 5.69 Å². The van der Waals surface area contributed by atoms with Crippen LogP contribution in [0.1, 0.15) is 21.7 Å². The van der Waals surface area contributed by atoms with Gasteiger partial charge in [-0.15, -0.1) is 0 Å². The molecule has 0 aliphatic carbocycles. The molecule has 0 fully saturated rings. The van der Waals surface area contributed by atoms with Gasteiger partial charge in [0.05, 0.1) is 4.92 Å². The molecule has 144 valence electrons. The van der Waals surface area contributed by atoms with Gasteiger partial charge < -0.3 is 4.18 Å². The van der Waals surface area contributed by atoms with Crippen molar-refractivity contribution < 1.29 is 35.5 Å². The lowest BCUT2D eigenvalue weighted by atomic mass is 10.1. The van der Waals surface area contributed by atoms with Crippen molar-refractivity contribution in [2.45, 2.75) is 18.9 Å². The van der Waals surface area contributed by atoms with Gasteiger partial charge in [0.2, 0.25) is 5.75 Å². The number of hydrogen-bond donors (Lipinski definition) is 0. The Morgan fingerprint density at radius 2 is 1.93 bits per heavy atom. The minimum Gasteiger partial charge on any atom is -0.369 e. The Morgan fingerprint density at radius 3 is 2.48 bits per heavy atom. The van der Waals surface area contributed by atoms with E-state index in [9.17, 15) is 36.5 Å². The summed E-state index contributed by atoms with van der Waals surface area (Å²) in [6.45, 7) is 1.65. The maximum absolute atomic E-state index is 12.5. The van der Waals surface area contributed by atoms with E-state index in [2.05, 4.69) is 9.17 Å². The second kappa shape index (κ2) is 7.31. The standard InChI is InChI=1S/C15H11F3N2O6S/c1-9-3-2-4-11(19-9)13(21)7-10-5-6-12(20(22)23)14(8-10)26-27(24,25)15(16,17)18/h2-6,8H,7H2,1H3. The highest BCUT2D eigenvalue weighted by Gasteiger charge is 2.49. The van der Waals surface area contributed by atoms with Crippen LogP contribution in [0.4, 0.5) is 18.9 Å². The monoisotopic (exact) mass is 404 g/mol. The first-order valence-electron chi connectivity index (χ1n) is 7.15. The molecule has 0 bridgehead atoms. The molecule has 0 atom stereocenters. The van der Waals surface area contributed by atoms with Crippen LogP contribution in [0.5, 0.6) is 5.75 Å². The van der Waals surface area contributed by atoms with Crippen LogP contribution in [0.2, 0.25) is 0 Å². The zero-order chi connectivity index (χ0) is 20.4. The second-order valence-corrected chi connectivity index (χ2v) is 6.84. The number of benzene rings is 1. The summed E-state index contributed by atoms with van der Waals surface area (Å²) in [5.74, 6) is -1.66. The van der Waals surface area contributed by atoms with E-state index < -0.39 is 37.8 Å². The average molecular weight is 404 g/mol. The Labute approximate surface area is 150 Å². The van der Waals surface area contributed by atoms with E-state index in [4.69, 9.17) is 0 Å². The predicted octanol–water partition coefficient (Wildman–Crippen LogP) is 2.95. The molecule has 0 saturated heterocycles. The number of carbonyl (C=O) groups is 1. The number of nitro benzene ring substituents is 1. The first kappa shape index (κ1) is 20.3. The van der Waals surface area contributed by atoms with Gasteiger partial charge >= 0.3 is 21.3 Å². The molecular weight excluding hydrogens is 393 g/mol. The Balaban J connectivity index is 2.37. The Morgan fingerprint density at radius 1 is 1.26 bits per heavy atom. The molecular formula is C15H11F3N2O6S. The largest absolute Gasteiger partial charge is 0.534 e. The molecule has 8 nitrogen and oxygen atoms in total. The van der Waals surface area contributed by atoms with Crippen molar-refractivity contribution in [3.8, 4) is 5.75 Å². The second-order valence-electron chi connectivity index (χ2n) is 5.31. The number of aryl methyl sites for hydroxylation is 1. The maximum Gasteiger partial charge on any atom is 0.534 e. The van der Waals surface area contributed by atoms with Crippen molar-refractivity contribution in [2.75, 3.05) is 0 Å². The number of hydrogen-bond acceptors (Lipinski definition) is 7. The highest BCUT2D eigenvalue weighted by Crippen LogP contribution is 2.33. The topological polar surface area (TPSA) is 116 Å². The SMILES string of the molecule is Cc1cccc(C(=O)Cc2ccc([N+](=O)[O-])c(OS(=O)(=O)C(F)(F)F)c2)n1. The zero-order valence-electron chi connectivity index (χ0n) is 13.6. The van der Waals surface area contributed by atoms with E-state index in [1.807, 2.05) is 0 Å². The van der Waals surface area contributed by atoms with Crippen molar-refractivity contribution in [1.29, 1.82) is 0 Å². The number of nitrogens with zero attached hydrogens (tertiary/aromatic N) is 2. The molecule has 1 aromatic carbocycles. The van der Waals surface area contributed by atoms with E-state index in [0.717, 1.165) is 12.1 Å². The molecule has 27 heavy (non-hydrogen) atoms. The van der Waals surface area contributed by atoms with E-state index in [0.29, 0.717) is 11.8 Å². The van der Waals surface area contributed by atoms with Gasteiger partial charge in [-0.2, -0.15) is 21.6 Å². The highest BCUT2D eigenvalue weighted by atomic mass is 32.2. The Kier molecular flexibility index (Phi) is 5.49. The molecule has 0 amide bonds. The van der Waals surface area contributed by atoms with E-state index >= 15 is 0 Å². The molecule has 0 aliphatic heterocycles. The molecule has 0 saturated carbocycles. The van der Waals surface area contributed by atoms with Gasteiger partial charge in [-0.25, -0.2) is 0 Å². The summed E-state index contributed by atoms with van der Waals surface area (Å²) < 4.78 is 63.6. The number of Topliss-reactive ketones (excluding diaryl/α,β-unsaturated/α-hetero) is 1. The summed E-state index contributed by atoms with van der Waals surface area (Å²) in [7, 11) is -6.11. The van der Waals surface area contributed by atoms with Crippen LogP contribution in [0.15, 0.2) is 36.4 Å². The van der Waals surface area contributed by atoms with Crippen molar-refractivity contribution in [2.24, 2.45) is 0 Å². The van der Waals surface area contributed by atoms with Crippen LogP contribution in [0, 0.1) is 17.0 Å². The highest BCUT2D eigenvalue weighted by molar-refractivity contribution is 7.88. The van der Waals surface area contributed by atoms with E-state index in [1.165, 1.54) is 6.07 Å². The first-order valence-corrected chi connectivity index (χ1v) is 8.56. The summed E-state index contributed by atoms with van der Waals surface area (Å²) in [6, 6.07) is 7.22. The van der Waals surface area contributed by atoms with Crippen LogP contribution < -0.4 is 4.18 Å². The number of nitro groups is 1. The Bertz CT molecular complexity index is 1000. The van der Waals surface area contributed by atoms with Crippen LogP contribution in [-0.2, 0) is 16.5 Å². The molecule has 1 aromatic heterocycles. The lowest BCUT2D eigenvalue weighted by Gasteiger charge is -2.10. The van der Waals surface area contributed by atoms with Crippen LogP contribution in [-0.4, -0.2) is 29.6 Å². The fourth-order valence-corrected chi connectivity index (χ4v) is 2.49. The number of halogens is 3. The number of rotatable bonds is 6. The third-order valence-corrected chi connectivity index (χ3v) is 4.21. The summed E-state index contributed by atoms with van der Waals surface area (Å²) in [5.41, 5.74) is -6.10. The van der Waals surface area contributed by atoms with Crippen molar-refractivity contribution in [1.82, 2.24) is 4.98 Å². The van der Waals surface area contributed by atoms with Crippen molar-refractivity contribution in [3.63, 3.8) is 0 Å². The molecule has 2 aromatic rings. The van der Waals surface area contributed by atoms with Gasteiger partial charge in [0.25, 0.3) is 0 Å². The summed E-state index contributed by atoms with van der Waals surface area (Å²) in [5, 5.41) is 10.9.